The molecule has 0 N–H and O–H groups in total. The third-order valence-electron chi connectivity index (χ3n) is 1.79. The van der Waals surface area contributed by atoms with Crippen molar-refractivity contribution in [3.8, 4) is 10.7 Å². The van der Waals surface area contributed by atoms with E-state index in [1.54, 1.807) is 6.20 Å². The van der Waals surface area contributed by atoms with Crippen LogP contribution in [0.2, 0.25) is 0 Å². The molecule has 0 radical (unpaired) electrons. The lowest BCUT2D eigenvalue weighted by atomic mass is 10.5. The van der Waals surface area contributed by atoms with Crippen molar-refractivity contribution in [1.82, 2.24) is 25.2 Å². The standard InChI is InChI=1S/C8H10BrN5OS/c1-2-15-4-3-14-12-7(11-13-14)6-5-10-8(9)16-6/h5H,2-4H2,1H3. The summed E-state index contributed by atoms with van der Waals surface area (Å²) < 4.78 is 6.02. The number of ether oxygens (including phenoxy) is 1. The highest BCUT2D eigenvalue weighted by Crippen LogP contribution is 2.25. The molecule has 16 heavy (non-hydrogen) atoms. The molecule has 0 aliphatic heterocycles. The molecule has 0 aliphatic rings. The normalized spacial score (nSPS) is 10.9. The van der Waals surface area contributed by atoms with Crippen LogP contribution in [0.15, 0.2) is 10.1 Å². The molecule has 0 atom stereocenters. The Bertz CT molecular complexity index is 457. The van der Waals surface area contributed by atoms with E-state index in [4.69, 9.17) is 4.74 Å². The monoisotopic (exact) mass is 303 g/mol. The molecule has 0 bridgehead atoms. The molecule has 2 heterocycles. The van der Waals surface area contributed by atoms with Crippen LogP contribution in [0.4, 0.5) is 0 Å². The van der Waals surface area contributed by atoms with Crippen molar-refractivity contribution in [2.24, 2.45) is 0 Å². The van der Waals surface area contributed by atoms with Gasteiger partial charge in [0, 0.05) is 6.61 Å². The zero-order chi connectivity index (χ0) is 11.4. The van der Waals surface area contributed by atoms with Gasteiger partial charge in [-0.1, -0.05) is 0 Å². The maximum atomic E-state index is 5.21. The van der Waals surface area contributed by atoms with E-state index in [0.717, 1.165) is 8.79 Å². The average molecular weight is 304 g/mol. The third kappa shape index (κ3) is 2.83. The Kier molecular flexibility index (Phi) is 3.97. The maximum absolute atomic E-state index is 5.21. The molecular formula is C8H10BrN5OS. The van der Waals surface area contributed by atoms with Crippen LogP contribution < -0.4 is 0 Å². The molecule has 86 valence electrons. The van der Waals surface area contributed by atoms with Crippen molar-refractivity contribution in [3.05, 3.63) is 10.1 Å². The summed E-state index contributed by atoms with van der Waals surface area (Å²) in [5.74, 6) is 0.597. The van der Waals surface area contributed by atoms with Gasteiger partial charge in [0.2, 0.25) is 5.82 Å². The van der Waals surface area contributed by atoms with Crippen molar-refractivity contribution in [3.63, 3.8) is 0 Å². The largest absolute Gasteiger partial charge is 0.380 e. The SMILES string of the molecule is CCOCCn1nnc(-c2cnc(Br)s2)n1. The molecule has 0 amide bonds. The average Bonchev–Trinajstić information content (AvgIpc) is 2.87. The first-order valence-corrected chi connectivity index (χ1v) is 6.38. The first-order chi connectivity index (χ1) is 7.79. The molecule has 0 spiro atoms. The molecule has 6 nitrogen and oxygen atoms in total. The number of hydrogen-bond acceptors (Lipinski definition) is 6. The predicted molar refractivity (Wildman–Crippen MR) is 63.1 cm³/mol. The molecule has 0 aliphatic carbocycles. The molecule has 0 unspecified atom stereocenters. The van der Waals surface area contributed by atoms with Crippen molar-refractivity contribution >= 4 is 27.3 Å². The summed E-state index contributed by atoms with van der Waals surface area (Å²) in [7, 11) is 0. The molecule has 0 saturated carbocycles. The van der Waals surface area contributed by atoms with Gasteiger partial charge in [0.1, 0.15) is 0 Å². The summed E-state index contributed by atoms with van der Waals surface area (Å²) in [5.41, 5.74) is 0. The maximum Gasteiger partial charge on any atom is 0.216 e. The van der Waals surface area contributed by atoms with E-state index >= 15 is 0 Å². The van der Waals surface area contributed by atoms with Gasteiger partial charge < -0.3 is 4.74 Å². The summed E-state index contributed by atoms with van der Waals surface area (Å²) >= 11 is 4.77. The van der Waals surface area contributed by atoms with Crippen LogP contribution in [-0.2, 0) is 11.3 Å². The highest BCUT2D eigenvalue weighted by molar-refractivity contribution is 9.11. The van der Waals surface area contributed by atoms with Gasteiger partial charge in [0.25, 0.3) is 0 Å². The number of nitrogens with zero attached hydrogens (tertiary/aromatic N) is 5. The fraction of sp³-hybridized carbons (Fsp3) is 0.500. The van der Waals surface area contributed by atoms with E-state index in [-0.39, 0.29) is 0 Å². The lowest BCUT2D eigenvalue weighted by Gasteiger charge is -1.97. The lowest BCUT2D eigenvalue weighted by Crippen LogP contribution is -2.08. The van der Waals surface area contributed by atoms with Crippen LogP contribution in [0.3, 0.4) is 0 Å². The van der Waals surface area contributed by atoms with Gasteiger partial charge in [0.15, 0.2) is 3.92 Å². The Morgan fingerprint density at radius 2 is 2.44 bits per heavy atom. The van der Waals surface area contributed by atoms with E-state index in [1.807, 2.05) is 6.92 Å². The third-order valence-corrected chi connectivity index (χ3v) is 3.26. The summed E-state index contributed by atoms with van der Waals surface area (Å²) in [6, 6.07) is 0. The molecular weight excluding hydrogens is 294 g/mol. The Morgan fingerprint density at radius 1 is 1.56 bits per heavy atom. The Labute approximate surface area is 105 Å². The second-order valence-electron chi connectivity index (χ2n) is 2.88. The van der Waals surface area contributed by atoms with Crippen LogP contribution >= 0.6 is 27.3 Å². The highest BCUT2D eigenvalue weighted by atomic mass is 79.9. The van der Waals surface area contributed by atoms with Gasteiger partial charge >= 0.3 is 0 Å². The Morgan fingerprint density at radius 3 is 3.12 bits per heavy atom. The van der Waals surface area contributed by atoms with Gasteiger partial charge in [-0.15, -0.1) is 21.5 Å². The topological polar surface area (TPSA) is 65.7 Å². The minimum atomic E-state index is 0.596. The zero-order valence-electron chi connectivity index (χ0n) is 8.63. The minimum absolute atomic E-state index is 0.596. The van der Waals surface area contributed by atoms with Crippen molar-refractivity contribution in [1.29, 1.82) is 0 Å². The van der Waals surface area contributed by atoms with E-state index < -0.39 is 0 Å². The summed E-state index contributed by atoms with van der Waals surface area (Å²) in [6.07, 6.45) is 1.72. The molecule has 2 aromatic rings. The van der Waals surface area contributed by atoms with Crippen LogP contribution in [0, 0.1) is 0 Å². The zero-order valence-corrected chi connectivity index (χ0v) is 11.0. The van der Waals surface area contributed by atoms with Crippen molar-refractivity contribution < 1.29 is 4.74 Å². The number of rotatable bonds is 5. The highest BCUT2D eigenvalue weighted by Gasteiger charge is 2.08. The number of tetrazole rings is 1. The Hall–Kier alpha value is -0.860. The summed E-state index contributed by atoms with van der Waals surface area (Å²) in [4.78, 5) is 6.50. The van der Waals surface area contributed by atoms with E-state index in [1.165, 1.54) is 16.1 Å². The quantitative estimate of drug-likeness (QED) is 0.785. The fourth-order valence-corrected chi connectivity index (χ4v) is 2.27. The van der Waals surface area contributed by atoms with Gasteiger partial charge in [-0.2, -0.15) is 4.80 Å². The van der Waals surface area contributed by atoms with Gasteiger partial charge in [0.05, 0.1) is 24.2 Å². The molecule has 8 heteroatoms. The lowest BCUT2D eigenvalue weighted by molar-refractivity contribution is 0.132. The minimum Gasteiger partial charge on any atom is -0.380 e. The second kappa shape index (κ2) is 5.46. The van der Waals surface area contributed by atoms with Crippen LogP contribution in [-0.4, -0.2) is 38.4 Å². The van der Waals surface area contributed by atoms with Crippen molar-refractivity contribution in [2.45, 2.75) is 13.5 Å². The first-order valence-electron chi connectivity index (χ1n) is 4.77. The van der Waals surface area contributed by atoms with E-state index in [9.17, 15) is 0 Å². The first kappa shape index (κ1) is 11.6. The summed E-state index contributed by atoms with van der Waals surface area (Å²) in [6.45, 7) is 3.86. The number of thiazole rings is 1. The molecule has 0 fully saturated rings. The molecule has 0 aromatic carbocycles. The summed E-state index contributed by atoms with van der Waals surface area (Å²) in [5, 5.41) is 12.1. The molecule has 2 rings (SSSR count). The number of halogens is 1. The van der Waals surface area contributed by atoms with Gasteiger partial charge in [-0.3, -0.25) is 0 Å². The van der Waals surface area contributed by atoms with Crippen LogP contribution in [0.5, 0.6) is 0 Å². The van der Waals surface area contributed by atoms with E-state index in [2.05, 4.69) is 36.3 Å². The Balaban J connectivity index is 2.02. The van der Waals surface area contributed by atoms with Crippen molar-refractivity contribution in [2.75, 3.05) is 13.2 Å². The molecule has 2 aromatic heterocycles. The van der Waals surface area contributed by atoms with Gasteiger partial charge in [-0.05, 0) is 28.1 Å². The number of hydrogen-bond donors (Lipinski definition) is 0. The van der Waals surface area contributed by atoms with Gasteiger partial charge in [-0.25, -0.2) is 4.98 Å². The van der Waals surface area contributed by atoms with E-state index in [0.29, 0.717) is 25.6 Å². The predicted octanol–water partition coefficient (Wildman–Crippen LogP) is 1.60. The fourth-order valence-electron chi connectivity index (χ4n) is 1.08. The molecule has 0 saturated heterocycles. The van der Waals surface area contributed by atoms with Crippen LogP contribution in [0.1, 0.15) is 6.92 Å². The van der Waals surface area contributed by atoms with Crippen LogP contribution in [0.25, 0.3) is 10.7 Å². The number of aromatic nitrogens is 5. The second-order valence-corrected chi connectivity index (χ2v) is 5.19. The smallest absolute Gasteiger partial charge is 0.216 e.